The van der Waals surface area contributed by atoms with Gasteiger partial charge in [-0.15, -0.1) is 0 Å². The number of carbonyl (C=O) groups excluding carboxylic acids is 1. The normalized spacial score (nSPS) is 14.4. The largest absolute Gasteiger partial charge is 0.444 e. The Hall–Kier alpha value is -1.96. The molecule has 1 aromatic heterocycles. The van der Waals surface area contributed by atoms with E-state index in [1.807, 2.05) is 20.8 Å². The molecule has 0 radical (unpaired) electrons. The van der Waals surface area contributed by atoms with Gasteiger partial charge in [-0.05, 0) is 54.9 Å². The van der Waals surface area contributed by atoms with E-state index in [4.69, 9.17) is 4.74 Å². The average molecular weight is 414 g/mol. The molecular formula is C17H18BrF2N3O2. The molecular weight excluding hydrogens is 396 g/mol. The number of nitrogens with zero attached hydrogens (tertiary/aromatic N) is 3. The summed E-state index contributed by atoms with van der Waals surface area (Å²) in [5.41, 5.74) is 1.20. The standard InChI is InChI=1S/C17H18BrF2N3O2/c1-17(2,3)25-16(24)22-6-7-23-13(9-22)14(18)15(21-23)10-4-5-11(19)12(20)8-10/h4-5,8H,6-7,9H2,1-3H3. The Morgan fingerprint density at radius 3 is 2.60 bits per heavy atom. The smallest absolute Gasteiger partial charge is 0.410 e. The van der Waals surface area contributed by atoms with Gasteiger partial charge in [-0.3, -0.25) is 4.68 Å². The number of halogens is 3. The monoisotopic (exact) mass is 413 g/mol. The number of hydrogen-bond donors (Lipinski definition) is 0. The lowest BCUT2D eigenvalue weighted by molar-refractivity contribution is 0.0194. The Morgan fingerprint density at radius 1 is 1.24 bits per heavy atom. The van der Waals surface area contributed by atoms with Crippen LogP contribution in [0.4, 0.5) is 13.6 Å². The van der Waals surface area contributed by atoms with Crippen LogP contribution in [0.2, 0.25) is 0 Å². The zero-order chi connectivity index (χ0) is 18.4. The van der Waals surface area contributed by atoms with E-state index in [9.17, 15) is 13.6 Å². The van der Waals surface area contributed by atoms with Crippen molar-refractivity contribution in [3.05, 3.63) is 40.0 Å². The minimum absolute atomic E-state index is 0.326. The van der Waals surface area contributed by atoms with E-state index < -0.39 is 17.2 Å². The molecule has 0 spiro atoms. The van der Waals surface area contributed by atoms with Crippen LogP contribution in [0.1, 0.15) is 26.5 Å². The lowest BCUT2D eigenvalue weighted by Crippen LogP contribution is -2.41. The summed E-state index contributed by atoms with van der Waals surface area (Å²) in [6, 6.07) is 3.66. The number of rotatable bonds is 1. The maximum atomic E-state index is 13.5. The topological polar surface area (TPSA) is 47.4 Å². The summed E-state index contributed by atoms with van der Waals surface area (Å²) in [7, 11) is 0. The van der Waals surface area contributed by atoms with Crippen molar-refractivity contribution < 1.29 is 18.3 Å². The molecule has 25 heavy (non-hydrogen) atoms. The SMILES string of the molecule is CC(C)(C)OC(=O)N1CCn2nc(-c3ccc(F)c(F)c3)c(Br)c2C1. The summed E-state index contributed by atoms with van der Waals surface area (Å²) < 4.78 is 34.5. The molecule has 3 rings (SSSR count). The molecule has 0 unspecified atom stereocenters. The summed E-state index contributed by atoms with van der Waals surface area (Å²) in [6.45, 7) is 6.74. The fourth-order valence-electron chi connectivity index (χ4n) is 2.60. The minimum Gasteiger partial charge on any atom is -0.444 e. The van der Waals surface area contributed by atoms with Gasteiger partial charge in [0.05, 0.1) is 23.3 Å². The lowest BCUT2D eigenvalue weighted by atomic mass is 10.1. The molecule has 0 atom stereocenters. The molecule has 134 valence electrons. The second-order valence-corrected chi connectivity index (χ2v) is 7.66. The van der Waals surface area contributed by atoms with Gasteiger partial charge in [0.1, 0.15) is 11.3 Å². The quantitative estimate of drug-likeness (QED) is 0.698. The van der Waals surface area contributed by atoms with Gasteiger partial charge in [0.15, 0.2) is 11.6 Å². The highest BCUT2D eigenvalue weighted by Gasteiger charge is 2.29. The number of aromatic nitrogens is 2. The van der Waals surface area contributed by atoms with Crippen molar-refractivity contribution in [2.45, 2.75) is 39.5 Å². The summed E-state index contributed by atoms with van der Waals surface area (Å²) in [6.07, 6.45) is -0.388. The van der Waals surface area contributed by atoms with Crippen molar-refractivity contribution in [3.8, 4) is 11.3 Å². The first-order valence-corrected chi connectivity index (χ1v) is 8.63. The molecule has 1 aliphatic rings. The number of carbonyl (C=O) groups is 1. The van der Waals surface area contributed by atoms with E-state index in [1.54, 1.807) is 9.58 Å². The minimum atomic E-state index is -0.925. The molecule has 1 amide bonds. The predicted octanol–water partition coefficient (Wildman–Crippen LogP) is 4.34. The van der Waals surface area contributed by atoms with Gasteiger partial charge >= 0.3 is 6.09 Å². The van der Waals surface area contributed by atoms with Gasteiger partial charge in [-0.2, -0.15) is 5.10 Å². The Labute approximate surface area is 152 Å². The highest BCUT2D eigenvalue weighted by molar-refractivity contribution is 9.10. The molecule has 0 saturated heterocycles. The summed E-state index contributed by atoms with van der Waals surface area (Å²) in [5.74, 6) is -1.83. The van der Waals surface area contributed by atoms with Crippen LogP contribution in [0.5, 0.6) is 0 Å². The molecule has 0 N–H and O–H groups in total. The molecule has 0 aliphatic carbocycles. The molecule has 5 nitrogen and oxygen atoms in total. The Balaban J connectivity index is 1.87. The van der Waals surface area contributed by atoms with Crippen molar-refractivity contribution in [3.63, 3.8) is 0 Å². The number of hydrogen-bond acceptors (Lipinski definition) is 3. The summed E-state index contributed by atoms with van der Waals surface area (Å²) >= 11 is 3.48. The molecule has 1 aliphatic heterocycles. The first kappa shape index (κ1) is 17.8. The van der Waals surface area contributed by atoms with Crippen LogP contribution in [-0.4, -0.2) is 32.9 Å². The van der Waals surface area contributed by atoms with Gasteiger partial charge < -0.3 is 9.64 Å². The van der Waals surface area contributed by atoms with Crippen molar-refractivity contribution in [2.75, 3.05) is 6.54 Å². The Bertz CT molecular complexity index is 830. The number of ether oxygens (including phenoxy) is 1. The summed E-state index contributed by atoms with van der Waals surface area (Å²) in [5, 5.41) is 4.46. The van der Waals surface area contributed by atoms with Gasteiger partial charge in [-0.1, -0.05) is 0 Å². The zero-order valence-electron chi connectivity index (χ0n) is 14.1. The molecule has 0 bridgehead atoms. The van der Waals surface area contributed by atoms with Crippen LogP contribution >= 0.6 is 15.9 Å². The third kappa shape index (κ3) is 3.68. The lowest BCUT2D eigenvalue weighted by Gasteiger charge is -2.30. The molecule has 2 heterocycles. The van der Waals surface area contributed by atoms with Gasteiger partial charge in [-0.25, -0.2) is 13.6 Å². The first-order valence-electron chi connectivity index (χ1n) is 7.84. The highest BCUT2D eigenvalue weighted by Crippen LogP contribution is 2.33. The van der Waals surface area contributed by atoms with E-state index in [2.05, 4.69) is 21.0 Å². The first-order chi connectivity index (χ1) is 11.7. The number of benzene rings is 1. The molecule has 1 aromatic carbocycles. The second kappa shape index (κ2) is 6.40. The Morgan fingerprint density at radius 2 is 1.96 bits per heavy atom. The van der Waals surface area contributed by atoms with Gasteiger partial charge in [0.2, 0.25) is 0 Å². The van der Waals surface area contributed by atoms with Crippen LogP contribution in [0.3, 0.4) is 0 Å². The van der Waals surface area contributed by atoms with E-state index in [1.165, 1.54) is 6.07 Å². The van der Waals surface area contributed by atoms with Crippen LogP contribution in [0, 0.1) is 11.6 Å². The predicted molar refractivity (Wildman–Crippen MR) is 91.9 cm³/mol. The van der Waals surface area contributed by atoms with Crippen molar-refractivity contribution in [2.24, 2.45) is 0 Å². The third-order valence-electron chi connectivity index (χ3n) is 3.76. The maximum absolute atomic E-state index is 13.5. The molecule has 2 aromatic rings. The second-order valence-electron chi connectivity index (χ2n) is 6.86. The van der Waals surface area contributed by atoms with E-state index in [0.717, 1.165) is 17.8 Å². The van der Waals surface area contributed by atoms with Crippen molar-refractivity contribution in [1.82, 2.24) is 14.7 Å². The van der Waals surface area contributed by atoms with E-state index >= 15 is 0 Å². The number of amides is 1. The fraction of sp³-hybridized carbons (Fsp3) is 0.412. The van der Waals surface area contributed by atoms with Crippen LogP contribution in [-0.2, 0) is 17.8 Å². The van der Waals surface area contributed by atoms with E-state index in [-0.39, 0.29) is 6.09 Å². The third-order valence-corrected chi connectivity index (χ3v) is 4.59. The summed E-state index contributed by atoms with van der Waals surface area (Å²) in [4.78, 5) is 13.9. The highest BCUT2D eigenvalue weighted by atomic mass is 79.9. The van der Waals surface area contributed by atoms with Crippen molar-refractivity contribution >= 4 is 22.0 Å². The van der Waals surface area contributed by atoms with Gasteiger partial charge in [0.25, 0.3) is 0 Å². The molecule has 0 fully saturated rings. The van der Waals surface area contributed by atoms with Crippen LogP contribution in [0.15, 0.2) is 22.7 Å². The van der Waals surface area contributed by atoms with Crippen molar-refractivity contribution in [1.29, 1.82) is 0 Å². The molecule has 0 saturated carbocycles. The van der Waals surface area contributed by atoms with Crippen LogP contribution in [0.25, 0.3) is 11.3 Å². The Kier molecular flexibility index (Phi) is 4.57. The fourth-order valence-corrected chi connectivity index (χ4v) is 3.23. The zero-order valence-corrected chi connectivity index (χ0v) is 15.7. The van der Waals surface area contributed by atoms with Gasteiger partial charge in [0, 0.05) is 12.1 Å². The molecule has 8 heteroatoms. The number of fused-ring (bicyclic) bond motifs is 1. The maximum Gasteiger partial charge on any atom is 0.410 e. The van der Waals surface area contributed by atoms with Crippen LogP contribution < -0.4 is 0 Å². The van der Waals surface area contributed by atoms with E-state index in [0.29, 0.717) is 35.4 Å². The average Bonchev–Trinajstić information content (AvgIpc) is 2.85.